The van der Waals surface area contributed by atoms with E-state index >= 15 is 0 Å². The molecule has 178 valence electrons. The monoisotopic (exact) mass is 460 g/mol. The van der Waals surface area contributed by atoms with Gasteiger partial charge in [-0.05, 0) is 75.1 Å². The van der Waals surface area contributed by atoms with Crippen molar-refractivity contribution in [3.05, 3.63) is 53.9 Å². The van der Waals surface area contributed by atoms with Crippen molar-refractivity contribution in [3.63, 3.8) is 0 Å². The van der Waals surface area contributed by atoms with Gasteiger partial charge in [-0.2, -0.15) is 0 Å². The first-order valence-corrected chi connectivity index (χ1v) is 12.0. The number of nitrogens with two attached hydrogens (primary N) is 1. The third-order valence-electron chi connectivity index (χ3n) is 6.50. The molecule has 2 bridgehead atoms. The van der Waals surface area contributed by atoms with Crippen LogP contribution in [0.25, 0.3) is 11.3 Å². The second kappa shape index (κ2) is 9.95. The first kappa shape index (κ1) is 22.6. The van der Waals surface area contributed by atoms with Crippen LogP contribution in [0.3, 0.4) is 0 Å². The van der Waals surface area contributed by atoms with Gasteiger partial charge in [-0.15, -0.1) is 0 Å². The minimum Gasteiger partial charge on any atom is -0.383 e. The summed E-state index contributed by atoms with van der Waals surface area (Å²) in [4.78, 5) is 16.1. The fourth-order valence-electron chi connectivity index (χ4n) is 4.82. The van der Waals surface area contributed by atoms with Gasteiger partial charge in [0.1, 0.15) is 5.82 Å². The molecular formula is C26H32N6O2. The summed E-state index contributed by atoms with van der Waals surface area (Å²) in [6.07, 6.45) is 5.01. The molecule has 2 saturated heterocycles. The number of morpholine rings is 1. The van der Waals surface area contributed by atoms with E-state index in [4.69, 9.17) is 15.2 Å². The molecule has 0 aliphatic carbocycles. The molecule has 0 unspecified atom stereocenters. The van der Waals surface area contributed by atoms with E-state index < -0.39 is 0 Å². The molecule has 0 saturated carbocycles. The fraction of sp³-hybridized carbons (Fsp3) is 0.423. The second-order valence-corrected chi connectivity index (χ2v) is 8.92. The highest BCUT2D eigenvalue weighted by Gasteiger charge is 2.39. The molecule has 34 heavy (non-hydrogen) atoms. The molecule has 8 nitrogen and oxygen atoms in total. The van der Waals surface area contributed by atoms with E-state index in [1.807, 2.05) is 25.1 Å². The first-order valence-electron chi connectivity index (χ1n) is 12.0. The van der Waals surface area contributed by atoms with E-state index in [1.54, 1.807) is 6.20 Å². The minimum absolute atomic E-state index is 0.379. The van der Waals surface area contributed by atoms with Crippen molar-refractivity contribution in [1.29, 1.82) is 0 Å². The van der Waals surface area contributed by atoms with Gasteiger partial charge in [-0.25, -0.2) is 15.0 Å². The number of hydrogen-bond donors (Lipinski definition) is 2. The Morgan fingerprint density at radius 3 is 2.85 bits per heavy atom. The molecule has 0 spiro atoms. The molecule has 4 heterocycles. The van der Waals surface area contributed by atoms with Crippen LogP contribution in [0, 0.1) is 6.92 Å². The quantitative estimate of drug-likeness (QED) is 0.460. The van der Waals surface area contributed by atoms with Gasteiger partial charge >= 0.3 is 0 Å². The van der Waals surface area contributed by atoms with Crippen LogP contribution < -0.4 is 16.0 Å². The third kappa shape index (κ3) is 4.83. The van der Waals surface area contributed by atoms with Crippen molar-refractivity contribution in [3.8, 4) is 11.3 Å². The largest absolute Gasteiger partial charge is 0.383 e. The molecule has 3 aromatic rings. The Labute approximate surface area is 200 Å². The highest BCUT2D eigenvalue weighted by molar-refractivity contribution is 5.72. The van der Waals surface area contributed by atoms with E-state index in [0.717, 1.165) is 68.3 Å². The van der Waals surface area contributed by atoms with Crippen LogP contribution in [-0.2, 0) is 15.9 Å². The van der Waals surface area contributed by atoms with Crippen LogP contribution in [0.2, 0.25) is 0 Å². The number of hydrogen-bond acceptors (Lipinski definition) is 8. The second-order valence-electron chi connectivity index (χ2n) is 8.92. The Morgan fingerprint density at radius 2 is 2.12 bits per heavy atom. The highest BCUT2D eigenvalue weighted by atomic mass is 16.5. The van der Waals surface area contributed by atoms with Gasteiger partial charge in [0, 0.05) is 48.6 Å². The molecule has 2 fully saturated rings. The number of fused-ring (bicyclic) bond motifs is 2. The van der Waals surface area contributed by atoms with E-state index in [0.29, 0.717) is 23.9 Å². The smallest absolute Gasteiger partial charge is 0.227 e. The van der Waals surface area contributed by atoms with Crippen molar-refractivity contribution < 1.29 is 9.47 Å². The third-order valence-corrected chi connectivity index (χ3v) is 6.50. The Balaban J connectivity index is 1.28. The maximum absolute atomic E-state index is 6.27. The summed E-state index contributed by atoms with van der Waals surface area (Å²) in [5, 5.41) is 3.34. The van der Waals surface area contributed by atoms with Crippen LogP contribution in [0.15, 0.2) is 42.6 Å². The number of aryl methyl sites for hydroxylation is 2. The van der Waals surface area contributed by atoms with Crippen LogP contribution in [0.1, 0.15) is 31.0 Å². The van der Waals surface area contributed by atoms with E-state index in [-0.39, 0.29) is 0 Å². The summed E-state index contributed by atoms with van der Waals surface area (Å²) in [6.45, 7) is 7.42. The SMILES string of the molecule is CCOCCCc1ccc(-c2ccnc(Nc3ccc(N4C[C@@H]5C[C@H]4CO5)c(C)c3)n2)c(N)n1. The molecule has 3 N–H and O–H groups in total. The summed E-state index contributed by atoms with van der Waals surface area (Å²) in [5.41, 5.74) is 12.2. The predicted molar refractivity (Wildman–Crippen MR) is 134 cm³/mol. The number of rotatable bonds is 9. The Kier molecular flexibility index (Phi) is 6.60. The summed E-state index contributed by atoms with van der Waals surface area (Å²) >= 11 is 0. The van der Waals surface area contributed by atoms with Crippen LogP contribution in [-0.4, -0.2) is 53.5 Å². The summed E-state index contributed by atoms with van der Waals surface area (Å²) in [7, 11) is 0. The summed E-state index contributed by atoms with van der Waals surface area (Å²) < 4.78 is 11.1. The lowest BCUT2D eigenvalue weighted by Gasteiger charge is -2.30. The molecule has 0 amide bonds. The number of anilines is 4. The van der Waals surface area contributed by atoms with Crippen molar-refractivity contribution in [2.24, 2.45) is 0 Å². The standard InChI is InChI=1S/C26H32N6O2/c1-3-33-12-4-5-18-6-8-22(25(27)29-18)23-10-11-28-26(31-23)30-19-7-9-24(17(2)13-19)32-15-21-14-20(32)16-34-21/h6-11,13,20-21H,3-5,12,14-16H2,1-2H3,(H2,27,29)(H,28,30,31)/t20-,21-/m0/s1. The summed E-state index contributed by atoms with van der Waals surface area (Å²) in [6, 6.07) is 12.7. The Hall–Kier alpha value is -3.23. The van der Waals surface area contributed by atoms with E-state index in [9.17, 15) is 0 Å². The van der Waals surface area contributed by atoms with Crippen molar-refractivity contribution in [1.82, 2.24) is 15.0 Å². The van der Waals surface area contributed by atoms with Gasteiger partial charge in [0.15, 0.2) is 0 Å². The van der Waals surface area contributed by atoms with Gasteiger partial charge in [-0.1, -0.05) is 0 Å². The van der Waals surface area contributed by atoms with Crippen molar-refractivity contribution in [2.45, 2.75) is 45.3 Å². The average molecular weight is 461 g/mol. The normalized spacial score (nSPS) is 19.1. The minimum atomic E-state index is 0.379. The van der Waals surface area contributed by atoms with Gasteiger partial charge in [0.25, 0.3) is 0 Å². The van der Waals surface area contributed by atoms with Crippen LogP contribution in [0.5, 0.6) is 0 Å². The Morgan fingerprint density at radius 1 is 1.21 bits per heavy atom. The molecule has 2 aliphatic rings. The Bertz CT molecular complexity index is 1150. The fourth-order valence-corrected chi connectivity index (χ4v) is 4.82. The van der Waals surface area contributed by atoms with Crippen molar-refractivity contribution in [2.75, 3.05) is 42.3 Å². The molecular weight excluding hydrogens is 428 g/mol. The van der Waals surface area contributed by atoms with E-state index in [2.05, 4.69) is 50.3 Å². The number of benzene rings is 1. The average Bonchev–Trinajstić information content (AvgIpc) is 3.46. The maximum atomic E-state index is 6.27. The van der Waals surface area contributed by atoms with E-state index in [1.165, 1.54) is 11.3 Å². The predicted octanol–water partition coefficient (Wildman–Crippen LogP) is 4.12. The number of nitrogen functional groups attached to an aromatic ring is 1. The van der Waals surface area contributed by atoms with Crippen molar-refractivity contribution >= 4 is 23.1 Å². The zero-order valence-corrected chi connectivity index (χ0v) is 19.8. The number of aromatic nitrogens is 3. The van der Waals surface area contributed by atoms with Gasteiger partial charge in [0.2, 0.25) is 5.95 Å². The molecule has 5 rings (SSSR count). The summed E-state index contributed by atoms with van der Waals surface area (Å²) in [5.74, 6) is 1.00. The van der Waals surface area contributed by atoms with Gasteiger partial charge in [0.05, 0.1) is 24.4 Å². The molecule has 8 heteroatoms. The number of nitrogens with zero attached hydrogens (tertiary/aromatic N) is 4. The maximum Gasteiger partial charge on any atom is 0.227 e. The lowest BCUT2D eigenvalue weighted by Crippen LogP contribution is -2.37. The first-order chi connectivity index (χ1) is 16.6. The zero-order chi connectivity index (χ0) is 23.5. The molecule has 1 aromatic carbocycles. The number of ether oxygens (including phenoxy) is 2. The molecule has 2 aliphatic heterocycles. The number of pyridine rings is 1. The molecule has 0 radical (unpaired) electrons. The van der Waals surface area contributed by atoms with Crippen LogP contribution >= 0.6 is 0 Å². The lowest BCUT2D eigenvalue weighted by molar-refractivity contribution is 0.0991. The molecule has 2 aromatic heterocycles. The number of nitrogens with one attached hydrogen (secondary N) is 1. The molecule has 2 atom stereocenters. The van der Waals surface area contributed by atoms with Gasteiger partial charge in [-0.3, -0.25) is 0 Å². The highest BCUT2D eigenvalue weighted by Crippen LogP contribution is 2.35. The lowest BCUT2D eigenvalue weighted by atomic mass is 10.1. The zero-order valence-electron chi connectivity index (χ0n) is 19.8. The topological polar surface area (TPSA) is 98.4 Å². The van der Waals surface area contributed by atoms with Gasteiger partial charge < -0.3 is 25.4 Å². The van der Waals surface area contributed by atoms with Crippen LogP contribution in [0.4, 0.5) is 23.1 Å².